The molecule has 0 aliphatic heterocycles. The number of nitrogens with zero attached hydrogens (tertiary/aromatic N) is 1. The monoisotopic (exact) mass is 209 g/mol. The van der Waals surface area contributed by atoms with Gasteiger partial charge >= 0.3 is 0 Å². The van der Waals surface area contributed by atoms with Crippen LogP contribution in [0.15, 0.2) is 18.2 Å². The minimum atomic E-state index is -0.426. The largest absolute Gasteiger partial charge is 0.393 e. The van der Waals surface area contributed by atoms with Crippen LogP contribution in [0.25, 0.3) is 0 Å². The average Bonchev–Trinajstić information content (AvgIpc) is 2.13. The maximum absolute atomic E-state index is 10.8. The van der Waals surface area contributed by atoms with Crippen molar-refractivity contribution in [2.75, 3.05) is 0 Å². The van der Waals surface area contributed by atoms with E-state index in [-0.39, 0.29) is 10.6 Å². The molecule has 1 atom stereocenters. The fraction of sp³-hybridized carbons (Fsp3) is 0.455. The zero-order valence-corrected chi connectivity index (χ0v) is 8.93. The predicted octanol–water partition coefficient (Wildman–Crippen LogP) is 2.22. The quantitative estimate of drug-likeness (QED) is 0.610. The van der Waals surface area contributed by atoms with Gasteiger partial charge in [-0.1, -0.05) is 18.2 Å². The first kappa shape index (κ1) is 11.7. The second-order valence-corrected chi connectivity index (χ2v) is 3.73. The Balaban J connectivity index is 2.96. The molecule has 0 spiro atoms. The summed E-state index contributed by atoms with van der Waals surface area (Å²) in [7, 11) is 0. The third-order valence-electron chi connectivity index (χ3n) is 2.34. The van der Waals surface area contributed by atoms with Crippen LogP contribution < -0.4 is 0 Å². The zero-order chi connectivity index (χ0) is 11.4. The van der Waals surface area contributed by atoms with Crippen LogP contribution in [0.1, 0.15) is 24.5 Å². The van der Waals surface area contributed by atoms with Crippen LogP contribution in [-0.4, -0.2) is 16.1 Å². The number of nitro benzene ring substituents is 1. The molecule has 0 aliphatic carbocycles. The van der Waals surface area contributed by atoms with Gasteiger partial charge in [-0.25, -0.2) is 0 Å². The van der Waals surface area contributed by atoms with Gasteiger partial charge in [-0.05, 0) is 26.7 Å². The van der Waals surface area contributed by atoms with Crippen molar-refractivity contribution in [3.63, 3.8) is 0 Å². The number of aryl methyl sites for hydroxylation is 2. The minimum absolute atomic E-state index is 0.179. The Morgan fingerprint density at radius 2 is 2.20 bits per heavy atom. The lowest BCUT2D eigenvalue weighted by Gasteiger charge is -2.06. The van der Waals surface area contributed by atoms with Gasteiger partial charge in [0.1, 0.15) is 0 Å². The third-order valence-corrected chi connectivity index (χ3v) is 2.34. The fourth-order valence-corrected chi connectivity index (χ4v) is 1.55. The number of rotatable bonds is 4. The maximum atomic E-state index is 10.8. The highest BCUT2D eigenvalue weighted by Crippen LogP contribution is 2.24. The highest BCUT2D eigenvalue weighted by molar-refractivity contribution is 5.47. The lowest BCUT2D eigenvalue weighted by molar-refractivity contribution is -0.386. The van der Waals surface area contributed by atoms with E-state index >= 15 is 0 Å². The van der Waals surface area contributed by atoms with Crippen molar-refractivity contribution in [3.8, 4) is 0 Å². The number of nitro groups is 1. The highest BCUT2D eigenvalue weighted by Gasteiger charge is 2.16. The molecule has 1 N–H and O–H groups in total. The molecule has 0 aromatic heterocycles. The van der Waals surface area contributed by atoms with Crippen LogP contribution in [0.5, 0.6) is 0 Å². The minimum Gasteiger partial charge on any atom is -0.393 e. The van der Waals surface area contributed by atoms with E-state index in [4.69, 9.17) is 5.11 Å². The maximum Gasteiger partial charge on any atom is 0.275 e. The number of hydrogen-bond donors (Lipinski definition) is 1. The summed E-state index contributed by atoms with van der Waals surface area (Å²) in [5.74, 6) is 0. The Morgan fingerprint density at radius 1 is 1.53 bits per heavy atom. The van der Waals surface area contributed by atoms with Crippen molar-refractivity contribution in [1.29, 1.82) is 0 Å². The molecular formula is C11H15NO3. The summed E-state index contributed by atoms with van der Waals surface area (Å²) < 4.78 is 0. The molecule has 1 aromatic carbocycles. The van der Waals surface area contributed by atoms with Gasteiger partial charge in [-0.3, -0.25) is 10.1 Å². The first-order valence-corrected chi connectivity index (χ1v) is 4.93. The first-order valence-electron chi connectivity index (χ1n) is 4.93. The smallest absolute Gasteiger partial charge is 0.275 e. The van der Waals surface area contributed by atoms with Crippen LogP contribution in [-0.2, 0) is 6.42 Å². The lowest BCUT2D eigenvalue weighted by atomic mass is 10.0. The van der Waals surface area contributed by atoms with Gasteiger partial charge in [0.2, 0.25) is 0 Å². The molecule has 4 heteroatoms. The van der Waals surface area contributed by atoms with Crippen LogP contribution in [0.2, 0.25) is 0 Å². The van der Waals surface area contributed by atoms with Crippen molar-refractivity contribution in [3.05, 3.63) is 39.4 Å². The van der Waals surface area contributed by atoms with Gasteiger partial charge in [0.15, 0.2) is 0 Å². The van der Waals surface area contributed by atoms with Crippen LogP contribution >= 0.6 is 0 Å². The van der Waals surface area contributed by atoms with Gasteiger partial charge < -0.3 is 5.11 Å². The Morgan fingerprint density at radius 3 is 2.73 bits per heavy atom. The standard InChI is InChI=1S/C11H15NO3/c1-8-4-3-5-10(7-6-9(2)13)11(8)12(14)15/h3-5,9,13H,6-7H2,1-2H3. The average molecular weight is 209 g/mol. The number of hydrogen-bond acceptors (Lipinski definition) is 3. The number of aliphatic hydroxyl groups is 1. The van der Waals surface area contributed by atoms with Crippen molar-refractivity contribution >= 4 is 5.69 Å². The molecule has 0 radical (unpaired) electrons. The van der Waals surface area contributed by atoms with Crippen molar-refractivity contribution in [2.24, 2.45) is 0 Å². The van der Waals surface area contributed by atoms with E-state index in [1.165, 1.54) is 0 Å². The summed E-state index contributed by atoms with van der Waals surface area (Å²) in [5.41, 5.74) is 1.54. The van der Waals surface area contributed by atoms with Crippen molar-refractivity contribution < 1.29 is 10.0 Å². The van der Waals surface area contributed by atoms with Gasteiger partial charge in [0.25, 0.3) is 5.69 Å². The van der Waals surface area contributed by atoms with E-state index in [2.05, 4.69) is 0 Å². The second kappa shape index (κ2) is 4.89. The van der Waals surface area contributed by atoms with E-state index in [1.807, 2.05) is 0 Å². The third kappa shape index (κ3) is 3.02. The number of para-hydroxylation sites is 1. The molecule has 82 valence electrons. The summed E-state index contributed by atoms with van der Waals surface area (Å²) in [6.07, 6.45) is 0.657. The van der Waals surface area contributed by atoms with E-state index < -0.39 is 6.10 Å². The Bertz CT molecular complexity index is 361. The zero-order valence-electron chi connectivity index (χ0n) is 8.93. The van der Waals surface area contributed by atoms with Crippen LogP contribution in [0, 0.1) is 17.0 Å². The van der Waals surface area contributed by atoms with Gasteiger partial charge in [0.05, 0.1) is 11.0 Å². The highest BCUT2D eigenvalue weighted by atomic mass is 16.6. The van der Waals surface area contributed by atoms with Gasteiger partial charge in [0, 0.05) is 11.1 Å². The Labute approximate surface area is 88.7 Å². The van der Waals surface area contributed by atoms with E-state index in [0.717, 1.165) is 0 Å². The summed E-state index contributed by atoms with van der Waals surface area (Å²) in [6, 6.07) is 5.28. The predicted molar refractivity (Wildman–Crippen MR) is 57.8 cm³/mol. The molecule has 0 fully saturated rings. The van der Waals surface area contributed by atoms with Crippen molar-refractivity contribution in [2.45, 2.75) is 32.8 Å². The molecule has 0 amide bonds. The summed E-state index contributed by atoms with van der Waals surface area (Å²) in [5, 5.41) is 20.0. The topological polar surface area (TPSA) is 63.4 Å². The Hall–Kier alpha value is -1.42. The number of aliphatic hydroxyl groups excluding tert-OH is 1. The van der Waals surface area contributed by atoms with Crippen LogP contribution in [0.4, 0.5) is 5.69 Å². The van der Waals surface area contributed by atoms with E-state index in [9.17, 15) is 10.1 Å². The van der Waals surface area contributed by atoms with Crippen LogP contribution in [0.3, 0.4) is 0 Å². The molecule has 1 rings (SSSR count). The lowest BCUT2D eigenvalue weighted by Crippen LogP contribution is -2.04. The van der Waals surface area contributed by atoms with E-state index in [0.29, 0.717) is 24.0 Å². The molecule has 4 nitrogen and oxygen atoms in total. The van der Waals surface area contributed by atoms with Crippen molar-refractivity contribution in [1.82, 2.24) is 0 Å². The molecule has 0 bridgehead atoms. The summed E-state index contributed by atoms with van der Waals surface area (Å²) in [6.45, 7) is 3.41. The molecule has 0 aliphatic rings. The summed E-state index contributed by atoms with van der Waals surface area (Å²) in [4.78, 5) is 10.5. The molecule has 0 saturated carbocycles. The van der Waals surface area contributed by atoms with Gasteiger partial charge in [-0.15, -0.1) is 0 Å². The fourth-order valence-electron chi connectivity index (χ4n) is 1.55. The van der Waals surface area contributed by atoms with Gasteiger partial charge in [-0.2, -0.15) is 0 Å². The molecule has 0 heterocycles. The Kier molecular flexibility index (Phi) is 3.80. The molecule has 0 saturated heterocycles. The van der Waals surface area contributed by atoms with E-state index in [1.54, 1.807) is 32.0 Å². The SMILES string of the molecule is Cc1cccc(CCC(C)O)c1[N+](=O)[O-]. The first-order chi connectivity index (χ1) is 7.02. The normalized spacial score (nSPS) is 12.5. The number of benzene rings is 1. The second-order valence-electron chi connectivity index (χ2n) is 3.73. The molecule has 15 heavy (non-hydrogen) atoms. The molecule has 1 aromatic rings. The molecule has 1 unspecified atom stereocenters. The summed E-state index contributed by atoms with van der Waals surface area (Å²) >= 11 is 0. The molecular weight excluding hydrogens is 194 g/mol.